The maximum absolute atomic E-state index is 12.9. The first-order valence-corrected chi connectivity index (χ1v) is 9.55. The van der Waals surface area contributed by atoms with Crippen LogP contribution in [-0.4, -0.2) is 26.2 Å². The van der Waals surface area contributed by atoms with Crippen LogP contribution < -0.4 is 5.32 Å². The van der Waals surface area contributed by atoms with Gasteiger partial charge in [-0.25, -0.2) is 8.42 Å². The monoisotopic (exact) mass is 357 g/mol. The lowest BCUT2D eigenvalue weighted by Gasteiger charge is -2.20. The highest BCUT2D eigenvalue weighted by atomic mass is 32.2. The fraction of sp³-hybridized carbons (Fsp3) is 0.263. The summed E-state index contributed by atoms with van der Waals surface area (Å²) in [6.45, 7) is 5.85. The van der Waals surface area contributed by atoms with Gasteiger partial charge < -0.3 is 5.32 Å². The zero-order valence-corrected chi connectivity index (χ0v) is 15.1. The van der Waals surface area contributed by atoms with Gasteiger partial charge in [0.25, 0.3) is 5.91 Å². The van der Waals surface area contributed by atoms with Gasteiger partial charge in [0.05, 0.1) is 9.79 Å². The van der Waals surface area contributed by atoms with Crippen LogP contribution in [0, 0.1) is 5.92 Å². The van der Waals surface area contributed by atoms with E-state index in [1.54, 1.807) is 12.1 Å². The average Bonchev–Trinajstić information content (AvgIpc) is 2.59. The van der Waals surface area contributed by atoms with E-state index in [2.05, 4.69) is 5.32 Å². The first-order chi connectivity index (χ1) is 11.7. The Labute approximate surface area is 147 Å². The molecule has 0 unspecified atom stereocenters. The second-order valence-corrected chi connectivity index (χ2v) is 8.43. The van der Waals surface area contributed by atoms with Gasteiger partial charge in [-0.15, -0.1) is 0 Å². The van der Waals surface area contributed by atoms with Gasteiger partial charge in [0.15, 0.2) is 5.78 Å². The number of sulfone groups is 1. The number of nitrogens with one attached hydrogen (secondary N) is 1. The molecule has 130 valence electrons. The van der Waals surface area contributed by atoms with Gasteiger partial charge in [-0.1, -0.05) is 26.0 Å². The van der Waals surface area contributed by atoms with E-state index >= 15 is 0 Å². The van der Waals surface area contributed by atoms with Crippen LogP contribution >= 0.6 is 0 Å². The van der Waals surface area contributed by atoms with Crippen molar-refractivity contribution in [3.8, 4) is 0 Å². The standard InChI is InChI=1S/C19H19NO4S/c1-11(2)12(3)20-19(22)13-8-9-15-17(10-13)25(23,24)16-7-5-4-6-14(16)18(15)21/h4-12H,1-3H3,(H,20,22)/t12-/m1/s1. The van der Waals surface area contributed by atoms with E-state index in [-0.39, 0.29) is 50.1 Å². The van der Waals surface area contributed by atoms with E-state index in [9.17, 15) is 18.0 Å². The van der Waals surface area contributed by atoms with Crippen LogP contribution in [0.25, 0.3) is 0 Å². The van der Waals surface area contributed by atoms with Crippen molar-refractivity contribution in [2.75, 3.05) is 0 Å². The molecule has 0 bridgehead atoms. The molecule has 1 aliphatic rings. The van der Waals surface area contributed by atoms with Gasteiger partial charge in [-0.05, 0) is 43.2 Å². The molecule has 5 nitrogen and oxygen atoms in total. The summed E-state index contributed by atoms with van der Waals surface area (Å²) >= 11 is 0. The van der Waals surface area contributed by atoms with E-state index in [0.717, 1.165) is 0 Å². The summed E-state index contributed by atoms with van der Waals surface area (Å²) in [7, 11) is -3.84. The number of hydrogen-bond donors (Lipinski definition) is 1. The first kappa shape index (κ1) is 17.4. The molecule has 0 aromatic heterocycles. The Morgan fingerprint density at radius 3 is 2.28 bits per heavy atom. The second-order valence-electron chi connectivity index (χ2n) is 6.55. The summed E-state index contributed by atoms with van der Waals surface area (Å²) in [6.07, 6.45) is 0. The predicted molar refractivity (Wildman–Crippen MR) is 93.5 cm³/mol. The summed E-state index contributed by atoms with van der Waals surface area (Å²) < 4.78 is 25.7. The number of ketones is 1. The van der Waals surface area contributed by atoms with Gasteiger partial charge in [0.2, 0.25) is 9.84 Å². The molecular formula is C19H19NO4S. The number of carbonyl (C=O) groups excluding carboxylic acids is 2. The molecular weight excluding hydrogens is 338 g/mol. The van der Waals surface area contributed by atoms with Crippen molar-refractivity contribution in [2.45, 2.75) is 36.6 Å². The lowest BCUT2D eigenvalue weighted by molar-refractivity contribution is 0.0928. The predicted octanol–water partition coefficient (Wildman–Crippen LogP) is 2.84. The van der Waals surface area contributed by atoms with Crippen molar-refractivity contribution in [3.63, 3.8) is 0 Å². The van der Waals surface area contributed by atoms with Crippen LogP contribution in [0.15, 0.2) is 52.3 Å². The molecule has 1 heterocycles. The molecule has 6 heteroatoms. The van der Waals surface area contributed by atoms with E-state index in [0.29, 0.717) is 0 Å². The summed E-state index contributed by atoms with van der Waals surface area (Å²) in [5.74, 6) is -0.452. The normalized spacial score (nSPS) is 16.1. The highest BCUT2D eigenvalue weighted by Gasteiger charge is 2.35. The fourth-order valence-corrected chi connectivity index (χ4v) is 4.36. The largest absolute Gasteiger partial charge is 0.349 e. The first-order valence-electron chi connectivity index (χ1n) is 8.07. The summed E-state index contributed by atoms with van der Waals surface area (Å²) in [4.78, 5) is 24.8. The summed E-state index contributed by atoms with van der Waals surface area (Å²) in [5, 5.41) is 2.84. The smallest absolute Gasteiger partial charge is 0.251 e. The van der Waals surface area contributed by atoms with Crippen molar-refractivity contribution >= 4 is 21.5 Å². The van der Waals surface area contributed by atoms with Gasteiger partial charge in [-0.3, -0.25) is 9.59 Å². The fourth-order valence-electron chi connectivity index (χ4n) is 2.68. The Morgan fingerprint density at radius 2 is 1.60 bits per heavy atom. The molecule has 1 amide bonds. The van der Waals surface area contributed by atoms with Gasteiger partial charge in [0.1, 0.15) is 0 Å². The van der Waals surface area contributed by atoms with E-state index in [4.69, 9.17) is 0 Å². The Morgan fingerprint density at radius 1 is 0.960 bits per heavy atom. The Balaban J connectivity index is 2.07. The van der Waals surface area contributed by atoms with Crippen molar-refractivity contribution in [2.24, 2.45) is 5.92 Å². The molecule has 0 radical (unpaired) electrons. The van der Waals surface area contributed by atoms with Crippen molar-refractivity contribution in [1.82, 2.24) is 5.32 Å². The van der Waals surface area contributed by atoms with Gasteiger partial charge >= 0.3 is 0 Å². The zero-order chi connectivity index (χ0) is 18.4. The minimum absolute atomic E-state index is 0.0133. The highest BCUT2D eigenvalue weighted by molar-refractivity contribution is 7.91. The van der Waals surface area contributed by atoms with Crippen LogP contribution in [-0.2, 0) is 9.84 Å². The number of rotatable bonds is 3. The molecule has 0 aliphatic carbocycles. The number of benzene rings is 2. The Bertz CT molecular complexity index is 977. The molecule has 0 saturated carbocycles. The quantitative estimate of drug-likeness (QED) is 0.782. The molecule has 25 heavy (non-hydrogen) atoms. The molecule has 1 N–H and O–H groups in total. The van der Waals surface area contributed by atoms with Crippen LogP contribution in [0.1, 0.15) is 47.1 Å². The molecule has 0 spiro atoms. The SMILES string of the molecule is CC(C)[C@@H](C)NC(=O)c1ccc2c(c1)S(=O)(=O)c1ccccc1C2=O. The van der Waals surface area contributed by atoms with E-state index in [1.165, 1.54) is 30.3 Å². The van der Waals surface area contributed by atoms with Gasteiger partial charge in [0, 0.05) is 22.7 Å². The molecule has 1 atom stereocenters. The highest BCUT2D eigenvalue weighted by Crippen LogP contribution is 2.34. The zero-order valence-electron chi connectivity index (χ0n) is 14.2. The third-order valence-corrected chi connectivity index (χ3v) is 6.41. The van der Waals surface area contributed by atoms with Crippen molar-refractivity contribution in [1.29, 1.82) is 0 Å². The molecule has 0 saturated heterocycles. The molecule has 0 fully saturated rings. The molecule has 2 aromatic rings. The Hall–Kier alpha value is -2.47. The number of hydrogen-bond acceptors (Lipinski definition) is 4. The van der Waals surface area contributed by atoms with E-state index < -0.39 is 9.84 Å². The minimum atomic E-state index is -3.84. The van der Waals surface area contributed by atoms with E-state index in [1.807, 2.05) is 20.8 Å². The number of carbonyl (C=O) groups is 2. The maximum Gasteiger partial charge on any atom is 0.251 e. The van der Waals surface area contributed by atoms with Gasteiger partial charge in [-0.2, -0.15) is 0 Å². The summed E-state index contributed by atoms with van der Waals surface area (Å²) in [5.41, 5.74) is 0.495. The minimum Gasteiger partial charge on any atom is -0.349 e. The second kappa shape index (κ2) is 6.11. The molecule has 3 rings (SSSR count). The lowest BCUT2D eigenvalue weighted by Crippen LogP contribution is -2.36. The lowest BCUT2D eigenvalue weighted by atomic mass is 10.0. The molecule has 1 aliphatic heterocycles. The van der Waals surface area contributed by atoms with Crippen LogP contribution in [0.5, 0.6) is 0 Å². The van der Waals surface area contributed by atoms with Crippen molar-refractivity contribution < 1.29 is 18.0 Å². The topological polar surface area (TPSA) is 80.3 Å². The third kappa shape index (κ3) is 2.87. The summed E-state index contributed by atoms with van der Waals surface area (Å²) in [6, 6.07) is 10.3. The number of amides is 1. The maximum atomic E-state index is 12.9. The third-order valence-electron chi connectivity index (χ3n) is 4.56. The van der Waals surface area contributed by atoms with Crippen molar-refractivity contribution in [3.05, 3.63) is 59.2 Å². The Kier molecular flexibility index (Phi) is 4.24. The molecule has 2 aromatic carbocycles. The number of fused-ring (bicyclic) bond motifs is 2. The van der Waals surface area contributed by atoms with Crippen LogP contribution in [0.3, 0.4) is 0 Å². The van der Waals surface area contributed by atoms with Crippen LogP contribution in [0.4, 0.5) is 0 Å². The average molecular weight is 357 g/mol. The van der Waals surface area contributed by atoms with Crippen LogP contribution in [0.2, 0.25) is 0 Å².